The van der Waals surface area contributed by atoms with E-state index in [4.69, 9.17) is 9.47 Å². The van der Waals surface area contributed by atoms with Crippen LogP contribution < -0.4 is 9.47 Å². The minimum Gasteiger partial charge on any atom is -0.493 e. The zero-order valence-corrected chi connectivity index (χ0v) is 14.3. The van der Waals surface area contributed by atoms with Crippen LogP contribution >= 0.6 is 31.9 Å². The number of hydrogen-bond donors (Lipinski definition) is 0. The molecule has 0 bridgehead atoms. The molecule has 112 valence electrons. The topological polar surface area (TPSA) is 18.5 Å². The van der Waals surface area contributed by atoms with Gasteiger partial charge in [-0.25, -0.2) is 8.78 Å². The summed E-state index contributed by atoms with van der Waals surface area (Å²) in [6.45, 7) is -0.0911. The summed E-state index contributed by atoms with van der Waals surface area (Å²) in [5, 5.41) is 0.667. The van der Waals surface area contributed by atoms with Crippen molar-refractivity contribution >= 4 is 31.9 Å². The molecule has 0 aliphatic carbocycles. The molecule has 2 aromatic rings. The fourth-order valence-corrected chi connectivity index (χ4v) is 2.72. The molecule has 0 amide bonds. The van der Waals surface area contributed by atoms with Crippen molar-refractivity contribution < 1.29 is 18.3 Å². The molecule has 6 heteroatoms. The third kappa shape index (κ3) is 3.95. The Hall–Kier alpha value is -1.14. The summed E-state index contributed by atoms with van der Waals surface area (Å²) < 4.78 is 38.3. The molecule has 0 spiro atoms. The summed E-state index contributed by atoms with van der Waals surface area (Å²) in [6.07, 6.45) is 0. The molecule has 2 nitrogen and oxygen atoms in total. The second-order valence-electron chi connectivity index (χ2n) is 4.27. The van der Waals surface area contributed by atoms with E-state index in [0.717, 1.165) is 23.8 Å². The van der Waals surface area contributed by atoms with E-state index in [2.05, 4.69) is 31.9 Å². The molecule has 0 aliphatic heterocycles. The molecule has 0 aromatic heterocycles. The molecule has 0 atom stereocenters. The number of hydrogen-bond acceptors (Lipinski definition) is 2. The minimum atomic E-state index is -0.511. The lowest BCUT2D eigenvalue weighted by Crippen LogP contribution is -2.02. The lowest BCUT2D eigenvalue weighted by Gasteiger charge is -2.14. The summed E-state index contributed by atoms with van der Waals surface area (Å²) in [6, 6.07) is 6.95. The highest BCUT2D eigenvalue weighted by molar-refractivity contribution is 9.10. The minimum absolute atomic E-state index is 0.0911. The molecule has 0 unspecified atom stereocenters. The Labute approximate surface area is 138 Å². The second-order valence-corrected chi connectivity index (χ2v) is 5.68. The van der Waals surface area contributed by atoms with Crippen molar-refractivity contribution in [3.05, 3.63) is 57.6 Å². The number of methoxy groups -OCH3 is 1. The van der Waals surface area contributed by atoms with Gasteiger partial charge in [0, 0.05) is 10.9 Å². The maximum absolute atomic E-state index is 13.6. The normalized spacial score (nSPS) is 10.5. The molecule has 0 N–H and O–H groups in total. The van der Waals surface area contributed by atoms with E-state index in [9.17, 15) is 8.78 Å². The standard InChI is InChI=1S/C15H12Br2F2O2/c1-20-14-5-9(7-16)4-12(17)15(14)21-8-10-6-11(18)2-3-13(10)19/h2-6H,7-8H2,1H3. The Balaban J connectivity index is 2.25. The van der Waals surface area contributed by atoms with Gasteiger partial charge in [0.2, 0.25) is 0 Å². The van der Waals surface area contributed by atoms with Crippen molar-refractivity contribution in [2.24, 2.45) is 0 Å². The van der Waals surface area contributed by atoms with E-state index < -0.39 is 11.6 Å². The third-order valence-corrected chi connectivity index (χ3v) is 4.06. The first-order valence-electron chi connectivity index (χ1n) is 6.04. The molecule has 0 saturated heterocycles. The van der Waals surface area contributed by atoms with Crippen molar-refractivity contribution in [1.82, 2.24) is 0 Å². The predicted molar refractivity (Wildman–Crippen MR) is 84.0 cm³/mol. The van der Waals surface area contributed by atoms with Gasteiger partial charge in [-0.1, -0.05) is 15.9 Å². The Morgan fingerprint density at radius 2 is 1.90 bits per heavy atom. The van der Waals surface area contributed by atoms with Gasteiger partial charge in [0.1, 0.15) is 18.2 Å². The Kier molecular flexibility index (Phi) is 5.58. The SMILES string of the molecule is COc1cc(CBr)cc(Br)c1OCc1cc(F)ccc1F. The molecule has 0 radical (unpaired) electrons. The van der Waals surface area contributed by atoms with Gasteiger partial charge >= 0.3 is 0 Å². The van der Waals surface area contributed by atoms with Crippen LogP contribution in [0.15, 0.2) is 34.8 Å². The summed E-state index contributed by atoms with van der Waals surface area (Å²) in [5.41, 5.74) is 1.15. The van der Waals surface area contributed by atoms with E-state index in [1.807, 2.05) is 12.1 Å². The van der Waals surface area contributed by atoms with Crippen LogP contribution in [0.4, 0.5) is 8.78 Å². The van der Waals surface area contributed by atoms with Crippen LogP contribution in [0.2, 0.25) is 0 Å². The molecule has 0 saturated carbocycles. The van der Waals surface area contributed by atoms with Gasteiger partial charge in [0.05, 0.1) is 11.6 Å². The number of halogens is 4. The van der Waals surface area contributed by atoms with E-state index >= 15 is 0 Å². The quantitative estimate of drug-likeness (QED) is 0.617. The number of ether oxygens (including phenoxy) is 2. The van der Waals surface area contributed by atoms with Gasteiger partial charge < -0.3 is 9.47 Å². The van der Waals surface area contributed by atoms with Gasteiger partial charge in [-0.15, -0.1) is 0 Å². The highest BCUT2D eigenvalue weighted by Crippen LogP contribution is 2.37. The highest BCUT2D eigenvalue weighted by atomic mass is 79.9. The first-order chi connectivity index (χ1) is 10.0. The van der Waals surface area contributed by atoms with E-state index in [1.54, 1.807) is 0 Å². The number of rotatable bonds is 5. The van der Waals surface area contributed by atoms with Crippen molar-refractivity contribution in [3.63, 3.8) is 0 Å². The first-order valence-corrected chi connectivity index (χ1v) is 7.95. The molecule has 2 rings (SSSR count). The Morgan fingerprint density at radius 1 is 1.14 bits per heavy atom. The number of benzene rings is 2. The molecule has 0 fully saturated rings. The zero-order valence-electron chi connectivity index (χ0n) is 11.1. The van der Waals surface area contributed by atoms with Crippen LogP contribution in [0, 0.1) is 11.6 Å². The molecular weight excluding hydrogens is 410 g/mol. The van der Waals surface area contributed by atoms with Crippen molar-refractivity contribution in [1.29, 1.82) is 0 Å². The molecule has 2 aromatic carbocycles. The lowest BCUT2D eigenvalue weighted by atomic mass is 10.2. The van der Waals surface area contributed by atoms with Crippen LogP contribution in [0.25, 0.3) is 0 Å². The van der Waals surface area contributed by atoms with Gasteiger partial charge in [-0.3, -0.25) is 0 Å². The zero-order chi connectivity index (χ0) is 15.4. The summed E-state index contributed by atoms with van der Waals surface area (Å²) >= 11 is 6.76. The van der Waals surface area contributed by atoms with Crippen molar-refractivity contribution in [2.75, 3.05) is 7.11 Å². The number of alkyl halides is 1. The van der Waals surface area contributed by atoms with Gasteiger partial charge in [0.25, 0.3) is 0 Å². The Bertz CT molecular complexity index is 648. The van der Waals surface area contributed by atoms with Crippen LogP contribution in [-0.4, -0.2) is 7.11 Å². The highest BCUT2D eigenvalue weighted by Gasteiger charge is 2.13. The first kappa shape index (κ1) is 16.2. The van der Waals surface area contributed by atoms with Gasteiger partial charge in [-0.05, 0) is 51.8 Å². The smallest absolute Gasteiger partial charge is 0.175 e. The van der Waals surface area contributed by atoms with Gasteiger partial charge in [0.15, 0.2) is 11.5 Å². The second kappa shape index (κ2) is 7.22. The monoisotopic (exact) mass is 420 g/mol. The molecule has 21 heavy (non-hydrogen) atoms. The maximum Gasteiger partial charge on any atom is 0.175 e. The van der Waals surface area contributed by atoms with Crippen LogP contribution in [0.3, 0.4) is 0 Å². The van der Waals surface area contributed by atoms with Crippen molar-refractivity contribution in [3.8, 4) is 11.5 Å². The fourth-order valence-electron chi connectivity index (χ4n) is 1.79. The summed E-state index contributed by atoms with van der Waals surface area (Å²) in [7, 11) is 1.52. The average Bonchev–Trinajstić information content (AvgIpc) is 2.48. The van der Waals surface area contributed by atoms with E-state index in [1.165, 1.54) is 7.11 Å². The molecular formula is C15H12Br2F2O2. The van der Waals surface area contributed by atoms with Gasteiger partial charge in [-0.2, -0.15) is 0 Å². The predicted octanol–water partition coefficient (Wildman–Crippen LogP) is 5.21. The average molecular weight is 422 g/mol. The van der Waals surface area contributed by atoms with Crippen LogP contribution in [0.5, 0.6) is 11.5 Å². The fraction of sp³-hybridized carbons (Fsp3) is 0.200. The third-order valence-electron chi connectivity index (χ3n) is 2.82. The molecule has 0 aliphatic rings. The largest absolute Gasteiger partial charge is 0.493 e. The van der Waals surface area contributed by atoms with Crippen molar-refractivity contribution in [2.45, 2.75) is 11.9 Å². The summed E-state index contributed by atoms with van der Waals surface area (Å²) in [4.78, 5) is 0. The van der Waals surface area contributed by atoms with Crippen LogP contribution in [-0.2, 0) is 11.9 Å². The van der Waals surface area contributed by atoms with E-state index in [0.29, 0.717) is 21.3 Å². The molecule has 0 heterocycles. The maximum atomic E-state index is 13.6. The Morgan fingerprint density at radius 3 is 2.57 bits per heavy atom. The summed E-state index contributed by atoms with van der Waals surface area (Å²) in [5.74, 6) is -0.0410. The van der Waals surface area contributed by atoms with Crippen LogP contribution in [0.1, 0.15) is 11.1 Å². The lowest BCUT2D eigenvalue weighted by molar-refractivity contribution is 0.277. The van der Waals surface area contributed by atoms with E-state index in [-0.39, 0.29) is 12.2 Å².